The third-order valence-corrected chi connectivity index (χ3v) is 4.08. The van der Waals surface area contributed by atoms with Gasteiger partial charge >= 0.3 is 0 Å². The predicted octanol–water partition coefficient (Wildman–Crippen LogP) is 5.16. The highest BCUT2D eigenvalue weighted by molar-refractivity contribution is 9.10. The zero-order valence-electron chi connectivity index (χ0n) is 11.0. The van der Waals surface area contributed by atoms with Crippen molar-refractivity contribution in [3.05, 3.63) is 56.0 Å². The quantitative estimate of drug-likeness (QED) is 0.663. The molecule has 2 aromatic carbocycles. The van der Waals surface area contributed by atoms with Gasteiger partial charge < -0.3 is 9.47 Å². The second kappa shape index (κ2) is 7.16. The molecule has 0 aliphatic rings. The van der Waals surface area contributed by atoms with E-state index in [-0.39, 0.29) is 6.61 Å². The molecule has 0 heterocycles. The van der Waals surface area contributed by atoms with Crippen LogP contribution in [-0.4, -0.2) is 13.4 Å². The number of benzene rings is 2. The molecule has 3 nitrogen and oxygen atoms in total. The maximum Gasteiger partial charge on any atom is 0.162 e. The molecule has 6 heteroatoms. The molecule has 0 saturated carbocycles. The van der Waals surface area contributed by atoms with Gasteiger partial charge in [-0.25, -0.2) is 0 Å². The molecule has 110 valence electrons. The molecule has 0 amide bonds. The molecule has 0 radical (unpaired) electrons. The van der Waals surface area contributed by atoms with E-state index in [9.17, 15) is 4.79 Å². The summed E-state index contributed by atoms with van der Waals surface area (Å²) in [6, 6.07) is 8.49. The molecule has 2 aromatic rings. The average Bonchev–Trinajstić information content (AvgIpc) is 2.46. The second-order valence-corrected chi connectivity index (χ2v) is 5.86. The highest BCUT2D eigenvalue weighted by Crippen LogP contribution is 2.34. The summed E-state index contributed by atoms with van der Waals surface area (Å²) in [7, 11) is 1.51. The molecule has 0 unspecified atom stereocenters. The maximum absolute atomic E-state index is 10.9. The Morgan fingerprint density at radius 2 is 1.95 bits per heavy atom. The number of rotatable bonds is 5. The number of methoxy groups -OCH3 is 1. The van der Waals surface area contributed by atoms with Gasteiger partial charge in [-0.3, -0.25) is 4.79 Å². The molecule has 2 rings (SSSR count). The molecule has 0 atom stereocenters. The van der Waals surface area contributed by atoms with Gasteiger partial charge in [0.2, 0.25) is 0 Å². The van der Waals surface area contributed by atoms with Crippen molar-refractivity contribution >= 4 is 45.4 Å². The van der Waals surface area contributed by atoms with E-state index in [1.54, 1.807) is 30.3 Å². The number of ether oxygens (including phenoxy) is 2. The average molecular weight is 390 g/mol. The Morgan fingerprint density at radius 1 is 1.19 bits per heavy atom. The maximum atomic E-state index is 10.9. The molecule has 21 heavy (non-hydrogen) atoms. The van der Waals surface area contributed by atoms with E-state index in [1.165, 1.54) is 7.11 Å². The van der Waals surface area contributed by atoms with Gasteiger partial charge in [-0.2, -0.15) is 0 Å². The lowest BCUT2D eigenvalue weighted by Gasteiger charge is -2.13. The van der Waals surface area contributed by atoms with Crippen LogP contribution in [0.3, 0.4) is 0 Å². The molecule has 0 spiro atoms. The number of halogens is 3. The lowest BCUT2D eigenvalue weighted by atomic mass is 10.2. The van der Waals surface area contributed by atoms with Crippen molar-refractivity contribution in [3.8, 4) is 11.5 Å². The molecule has 0 aliphatic carbocycles. The summed E-state index contributed by atoms with van der Waals surface area (Å²) in [5, 5.41) is 1.10. The molecule has 0 aromatic heterocycles. The van der Waals surface area contributed by atoms with Crippen LogP contribution in [0.2, 0.25) is 10.0 Å². The van der Waals surface area contributed by atoms with Crippen molar-refractivity contribution in [1.82, 2.24) is 0 Å². The standard InChI is InChI=1S/C15H11BrCl2O3/c1-20-14-4-10(7-19)12(16)6-15(14)21-8-9-2-3-11(17)5-13(9)18/h2-7H,8H2,1H3. The van der Waals surface area contributed by atoms with Crippen LogP contribution in [-0.2, 0) is 6.61 Å². The fraction of sp³-hybridized carbons (Fsp3) is 0.133. The minimum atomic E-state index is 0.263. The zero-order chi connectivity index (χ0) is 15.4. The molecule has 0 bridgehead atoms. The minimum absolute atomic E-state index is 0.263. The van der Waals surface area contributed by atoms with Crippen LogP contribution < -0.4 is 9.47 Å². The number of aldehydes is 1. The number of carbonyl (C=O) groups is 1. The van der Waals surface area contributed by atoms with Gasteiger partial charge in [0.1, 0.15) is 6.61 Å². The number of hydrogen-bond donors (Lipinski definition) is 0. The van der Waals surface area contributed by atoms with Crippen molar-refractivity contribution in [1.29, 1.82) is 0 Å². The summed E-state index contributed by atoms with van der Waals surface area (Å²) in [6.45, 7) is 0.263. The summed E-state index contributed by atoms with van der Waals surface area (Å²) >= 11 is 15.3. The summed E-state index contributed by atoms with van der Waals surface area (Å²) < 4.78 is 11.6. The Labute approximate surface area is 140 Å². The predicted molar refractivity (Wildman–Crippen MR) is 86.9 cm³/mol. The molecular formula is C15H11BrCl2O3. The van der Waals surface area contributed by atoms with Crippen LogP contribution in [0.4, 0.5) is 0 Å². The fourth-order valence-corrected chi connectivity index (χ4v) is 2.59. The minimum Gasteiger partial charge on any atom is -0.493 e. The summed E-state index contributed by atoms with van der Waals surface area (Å²) in [4.78, 5) is 10.9. The van der Waals surface area contributed by atoms with Crippen LogP contribution in [0.5, 0.6) is 11.5 Å². The Hall–Kier alpha value is -1.23. The molecule has 0 saturated heterocycles. The Bertz CT molecular complexity index is 674. The lowest BCUT2D eigenvalue weighted by Crippen LogP contribution is -1.99. The van der Waals surface area contributed by atoms with E-state index >= 15 is 0 Å². The van der Waals surface area contributed by atoms with E-state index < -0.39 is 0 Å². The first kappa shape index (κ1) is 16.1. The van der Waals surface area contributed by atoms with Crippen molar-refractivity contribution < 1.29 is 14.3 Å². The highest BCUT2D eigenvalue weighted by Gasteiger charge is 2.11. The van der Waals surface area contributed by atoms with Crippen LogP contribution in [0, 0.1) is 0 Å². The van der Waals surface area contributed by atoms with Crippen LogP contribution in [0.15, 0.2) is 34.8 Å². The monoisotopic (exact) mass is 388 g/mol. The fourth-order valence-electron chi connectivity index (χ4n) is 1.71. The van der Waals surface area contributed by atoms with Crippen molar-refractivity contribution in [3.63, 3.8) is 0 Å². The highest BCUT2D eigenvalue weighted by atomic mass is 79.9. The topological polar surface area (TPSA) is 35.5 Å². The second-order valence-electron chi connectivity index (χ2n) is 4.17. The van der Waals surface area contributed by atoms with Crippen molar-refractivity contribution in [2.24, 2.45) is 0 Å². The van der Waals surface area contributed by atoms with Gasteiger partial charge in [-0.05, 0) is 40.2 Å². The first-order valence-corrected chi connectivity index (χ1v) is 7.49. The van der Waals surface area contributed by atoms with E-state index in [0.29, 0.717) is 31.6 Å². The Kier molecular flexibility index (Phi) is 5.51. The van der Waals surface area contributed by atoms with Crippen molar-refractivity contribution in [2.45, 2.75) is 6.61 Å². The van der Waals surface area contributed by atoms with Crippen molar-refractivity contribution in [2.75, 3.05) is 7.11 Å². The van der Waals surface area contributed by atoms with E-state index in [4.69, 9.17) is 32.7 Å². The van der Waals surface area contributed by atoms with E-state index in [1.807, 2.05) is 0 Å². The van der Waals surface area contributed by atoms with Crippen LogP contribution in [0.25, 0.3) is 0 Å². The van der Waals surface area contributed by atoms with Gasteiger partial charge in [-0.1, -0.05) is 29.3 Å². The number of hydrogen-bond acceptors (Lipinski definition) is 3. The summed E-state index contributed by atoms with van der Waals surface area (Å²) in [6.07, 6.45) is 0.743. The Morgan fingerprint density at radius 3 is 2.57 bits per heavy atom. The van der Waals surface area contributed by atoms with Crippen LogP contribution in [0.1, 0.15) is 15.9 Å². The molecule has 0 N–H and O–H groups in total. The Balaban J connectivity index is 2.23. The molecule has 0 fully saturated rings. The zero-order valence-corrected chi connectivity index (χ0v) is 14.1. The largest absolute Gasteiger partial charge is 0.493 e. The van der Waals surface area contributed by atoms with E-state index in [2.05, 4.69) is 15.9 Å². The third kappa shape index (κ3) is 3.90. The van der Waals surface area contributed by atoms with Crippen LogP contribution >= 0.6 is 39.1 Å². The van der Waals surface area contributed by atoms with Gasteiger partial charge in [-0.15, -0.1) is 0 Å². The SMILES string of the molecule is COc1cc(C=O)c(Br)cc1OCc1ccc(Cl)cc1Cl. The van der Waals surface area contributed by atoms with Gasteiger partial charge in [0.05, 0.1) is 7.11 Å². The normalized spacial score (nSPS) is 10.3. The van der Waals surface area contributed by atoms with Gasteiger partial charge in [0.15, 0.2) is 17.8 Å². The van der Waals surface area contributed by atoms with E-state index in [0.717, 1.165) is 11.8 Å². The molecular weight excluding hydrogens is 379 g/mol. The molecule has 0 aliphatic heterocycles. The third-order valence-electron chi connectivity index (χ3n) is 2.81. The smallest absolute Gasteiger partial charge is 0.162 e. The first-order chi connectivity index (χ1) is 10.0. The summed E-state index contributed by atoms with van der Waals surface area (Å²) in [5.41, 5.74) is 1.29. The van der Waals surface area contributed by atoms with Gasteiger partial charge in [0.25, 0.3) is 0 Å². The van der Waals surface area contributed by atoms with Gasteiger partial charge in [0, 0.05) is 25.6 Å². The lowest BCUT2D eigenvalue weighted by molar-refractivity contribution is 0.112. The summed E-state index contributed by atoms with van der Waals surface area (Å²) in [5.74, 6) is 0.992. The first-order valence-electron chi connectivity index (χ1n) is 5.94. The number of carbonyl (C=O) groups excluding carboxylic acids is 1.